The Labute approximate surface area is 167 Å². The first-order valence-corrected chi connectivity index (χ1v) is 10.0. The van der Waals surface area contributed by atoms with Crippen molar-refractivity contribution in [1.82, 2.24) is 4.90 Å². The fourth-order valence-electron chi connectivity index (χ4n) is 3.36. The van der Waals surface area contributed by atoms with E-state index in [1.807, 2.05) is 29.2 Å². The number of carbonyl (C=O) groups excluding carboxylic acids is 1. The highest BCUT2D eigenvalue weighted by Gasteiger charge is 2.22. The zero-order valence-electron chi connectivity index (χ0n) is 17.1. The first-order valence-electron chi connectivity index (χ1n) is 10.0. The molecular formula is C23H30N2O3. The van der Waals surface area contributed by atoms with E-state index in [1.54, 1.807) is 0 Å². The molecule has 0 aliphatic carbocycles. The predicted octanol–water partition coefficient (Wildman–Crippen LogP) is 3.82. The van der Waals surface area contributed by atoms with E-state index in [4.69, 9.17) is 9.47 Å². The highest BCUT2D eigenvalue weighted by atomic mass is 16.5. The fraction of sp³-hybridized carbons (Fsp3) is 0.435. The Kier molecular flexibility index (Phi) is 6.80. The second-order valence-electron chi connectivity index (χ2n) is 7.20. The number of benzene rings is 2. The molecule has 5 nitrogen and oxygen atoms in total. The Balaban J connectivity index is 1.47. The van der Waals surface area contributed by atoms with Crippen molar-refractivity contribution < 1.29 is 14.3 Å². The van der Waals surface area contributed by atoms with Gasteiger partial charge in [-0.05, 0) is 61.7 Å². The van der Waals surface area contributed by atoms with Crippen LogP contribution in [0.25, 0.3) is 0 Å². The highest BCUT2D eigenvalue weighted by molar-refractivity contribution is 5.78. The van der Waals surface area contributed by atoms with Gasteiger partial charge in [-0.3, -0.25) is 4.79 Å². The molecule has 1 aliphatic heterocycles. The third-order valence-corrected chi connectivity index (χ3v) is 5.21. The summed E-state index contributed by atoms with van der Waals surface area (Å²) in [6.45, 7) is 10.3. The van der Waals surface area contributed by atoms with Gasteiger partial charge in [-0.2, -0.15) is 0 Å². The highest BCUT2D eigenvalue weighted by Crippen LogP contribution is 2.24. The minimum atomic E-state index is 0.0342. The lowest BCUT2D eigenvalue weighted by atomic mass is 10.1. The number of hydrogen-bond donors (Lipinski definition) is 0. The monoisotopic (exact) mass is 382 g/mol. The summed E-state index contributed by atoms with van der Waals surface area (Å²) in [5, 5.41) is 0. The number of amides is 1. The first kappa shape index (κ1) is 20.1. The van der Waals surface area contributed by atoms with Gasteiger partial charge in [0.05, 0.1) is 6.61 Å². The van der Waals surface area contributed by atoms with Gasteiger partial charge in [-0.15, -0.1) is 0 Å². The van der Waals surface area contributed by atoms with Crippen LogP contribution in [0.5, 0.6) is 11.5 Å². The van der Waals surface area contributed by atoms with Gasteiger partial charge >= 0.3 is 0 Å². The minimum Gasteiger partial charge on any atom is -0.494 e. The summed E-state index contributed by atoms with van der Waals surface area (Å²) in [6.07, 6.45) is 0.976. The lowest BCUT2D eigenvalue weighted by Gasteiger charge is -2.37. The second kappa shape index (κ2) is 9.49. The van der Waals surface area contributed by atoms with Gasteiger partial charge in [0.25, 0.3) is 5.91 Å². The largest absolute Gasteiger partial charge is 0.494 e. The van der Waals surface area contributed by atoms with Crippen LogP contribution in [0.15, 0.2) is 42.5 Å². The molecule has 150 valence electrons. The molecule has 0 bridgehead atoms. The third-order valence-electron chi connectivity index (χ3n) is 5.21. The molecular weight excluding hydrogens is 352 g/mol. The standard InChI is InChI=1S/C23H30N2O3/c1-4-16-27-20-8-10-21(11-9-20)28-17-23(26)25-14-12-24(13-15-25)22-7-5-6-18(2)19(22)3/h5-11H,4,12-17H2,1-3H3. The third kappa shape index (κ3) is 4.97. The van der Waals surface area contributed by atoms with Crippen LogP contribution >= 0.6 is 0 Å². The smallest absolute Gasteiger partial charge is 0.260 e. The predicted molar refractivity (Wildman–Crippen MR) is 112 cm³/mol. The molecule has 2 aromatic carbocycles. The molecule has 28 heavy (non-hydrogen) atoms. The van der Waals surface area contributed by atoms with Crippen molar-refractivity contribution in [1.29, 1.82) is 0 Å². The molecule has 0 aromatic heterocycles. The molecule has 3 rings (SSSR count). The summed E-state index contributed by atoms with van der Waals surface area (Å²) in [4.78, 5) is 16.8. The van der Waals surface area contributed by atoms with Crippen LogP contribution in [0.1, 0.15) is 24.5 Å². The summed E-state index contributed by atoms with van der Waals surface area (Å²) in [5.41, 5.74) is 3.89. The minimum absolute atomic E-state index is 0.0342. The number of aryl methyl sites for hydroxylation is 1. The summed E-state index contributed by atoms with van der Waals surface area (Å²) in [6, 6.07) is 13.8. The number of nitrogens with zero attached hydrogens (tertiary/aromatic N) is 2. The SMILES string of the molecule is CCCOc1ccc(OCC(=O)N2CCN(c3cccc(C)c3C)CC2)cc1. The number of hydrogen-bond acceptors (Lipinski definition) is 4. The van der Waals surface area contributed by atoms with Gasteiger partial charge in [0.2, 0.25) is 0 Å². The normalized spacial score (nSPS) is 14.1. The average Bonchev–Trinajstić information content (AvgIpc) is 2.73. The van der Waals surface area contributed by atoms with Gasteiger partial charge in [-0.1, -0.05) is 19.1 Å². The Bertz CT molecular complexity index is 781. The topological polar surface area (TPSA) is 42.0 Å². The first-order chi connectivity index (χ1) is 13.6. The van der Waals surface area contributed by atoms with E-state index in [9.17, 15) is 4.79 Å². The number of carbonyl (C=O) groups is 1. The molecule has 1 saturated heterocycles. The lowest BCUT2D eigenvalue weighted by Crippen LogP contribution is -2.50. The molecule has 5 heteroatoms. The summed E-state index contributed by atoms with van der Waals surface area (Å²) in [7, 11) is 0. The van der Waals surface area contributed by atoms with Gasteiger partial charge < -0.3 is 19.3 Å². The van der Waals surface area contributed by atoms with Crippen LogP contribution in [0.3, 0.4) is 0 Å². The Morgan fingerprint density at radius 2 is 1.57 bits per heavy atom. The molecule has 1 fully saturated rings. The van der Waals surface area contributed by atoms with Crippen LogP contribution in [0.4, 0.5) is 5.69 Å². The Morgan fingerprint density at radius 3 is 2.21 bits per heavy atom. The zero-order chi connectivity index (χ0) is 19.9. The molecule has 2 aromatic rings. The molecule has 0 radical (unpaired) electrons. The molecule has 1 heterocycles. The van der Waals surface area contributed by atoms with Gasteiger partial charge in [0.15, 0.2) is 6.61 Å². The molecule has 0 atom stereocenters. The number of ether oxygens (including phenoxy) is 2. The van der Waals surface area contributed by atoms with E-state index in [0.717, 1.165) is 38.3 Å². The molecule has 0 unspecified atom stereocenters. The van der Waals surface area contributed by atoms with E-state index in [0.29, 0.717) is 12.4 Å². The number of piperazine rings is 1. The van der Waals surface area contributed by atoms with Crippen LogP contribution < -0.4 is 14.4 Å². The molecule has 0 spiro atoms. The van der Waals surface area contributed by atoms with Crippen molar-refractivity contribution in [3.63, 3.8) is 0 Å². The number of anilines is 1. The van der Waals surface area contributed by atoms with Crippen molar-refractivity contribution >= 4 is 11.6 Å². The van der Waals surface area contributed by atoms with E-state index < -0.39 is 0 Å². The van der Waals surface area contributed by atoms with E-state index in [2.05, 4.69) is 43.9 Å². The van der Waals surface area contributed by atoms with E-state index >= 15 is 0 Å². The van der Waals surface area contributed by atoms with Crippen LogP contribution in [0.2, 0.25) is 0 Å². The Hall–Kier alpha value is -2.69. The summed E-state index contributed by atoms with van der Waals surface area (Å²) < 4.78 is 11.2. The van der Waals surface area contributed by atoms with Gasteiger partial charge in [0, 0.05) is 31.9 Å². The van der Waals surface area contributed by atoms with Crippen molar-refractivity contribution in [3.05, 3.63) is 53.6 Å². The fourth-order valence-corrected chi connectivity index (χ4v) is 3.36. The zero-order valence-corrected chi connectivity index (χ0v) is 17.1. The maximum absolute atomic E-state index is 12.5. The van der Waals surface area contributed by atoms with Crippen molar-refractivity contribution in [2.45, 2.75) is 27.2 Å². The molecule has 1 amide bonds. The van der Waals surface area contributed by atoms with Crippen LogP contribution in [-0.4, -0.2) is 50.2 Å². The average molecular weight is 383 g/mol. The van der Waals surface area contributed by atoms with Crippen LogP contribution in [-0.2, 0) is 4.79 Å². The van der Waals surface area contributed by atoms with Crippen molar-refractivity contribution in [2.75, 3.05) is 44.3 Å². The Morgan fingerprint density at radius 1 is 0.929 bits per heavy atom. The summed E-state index contributed by atoms with van der Waals surface area (Å²) in [5.74, 6) is 1.54. The second-order valence-corrected chi connectivity index (χ2v) is 7.20. The van der Waals surface area contributed by atoms with Crippen molar-refractivity contribution in [2.24, 2.45) is 0 Å². The maximum atomic E-state index is 12.5. The molecule has 1 aliphatic rings. The quantitative estimate of drug-likeness (QED) is 0.730. The van der Waals surface area contributed by atoms with Gasteiger partial charge in [0.1, 0.15) is 11.5 Å². The van der Waals surface area contributed by atoms with Gasteiger partial charge in [-0.25, -0.2) is 0 Å². The maximum Gasteiger partial charge on any atom is 0.260 e. The number of rotatable bonds is 7. The van der Waals surface area contributed by atoms with E-state index in [-0.39, 0.29) is 12.5 Å². The van der Waals surface area contributed by atoms with Crippen LogP contribution in [0, 0.1) is 13.8 Å². The van der Waals surface area contributed by atoms with E-state index in [1.165, 1.54) is 16.8 Å². The molecule has 0 saturated carbocycles. The lowest BCUT2D eigenvalue weighted by molar-refractivity contribution is -0.133. The summed E-state index contributed by atoms with van der Waals surface area (Å²) >= 11 is 0. The van der Waals surface area contributed by atoms with Crippen molar-refractivity contribution in [3.8, 4) is 11.5 Å². The molecule has 0 N–H and O–H groups in total.